The summed E-state index contributed by atoms with van der Waals surface area (Å²) >= 11 is 0. The average Bonchev–Trinajstić information content (AvgIpc) is 3.11. The van der Waals surface area contributed by atoms with Crippen LogP contribution in [-0.4, -0.2) is 17.5 Å². The zero-order chi connectivity index (χ0) is 18.5. The molecule has 0 bridgehead atoms. The summed E-state index contributed by atoms with van der Waals surface area (Å²) in [5.74, 6) is 1.14. The number of hydrogen-bond donors (Lipinski definition) is 1. The fraction of sp³-hybridized carbons (Fsp3) is 0.0909. The lowest BCUT2D eigenvalue weighted by Crippen LogP contribution is -2.20. The van der Waals surface area contributed by atoms with Gasteiger partial charge in [-0.2, -0.15) is 0 Å². The van der Waals surface area contributed by atoms with Crippen LogP contribution < -0.4 is 10.1 Å². The molecule has 134 valence electrons. The number of ether oxygens (including phenoxy) is 1. The lowest BCUT2D eigenvalue weighted by atomic mass is 10.1. The third-order valence-corrected chi connectivity index (χ3v) is 4.04. The molecule has 5 nitrogen and oxygen atoms in total. The third-order valence-electron chi connectivity index (χ3n) is 4.04. The maximum atomic E-state index is 12.0. The predicted molar refractivity (Wildman–Crippen MR) is 104 cm³/mol. The monoisotopic (exact) mass is 358 g/mol. The van der Waals surface area contributed by atoms with Crippen molar-refractivity contribution < 1.29 is 13.9 Å². The van der Waals surface area contributed by atoms with Gasteiger partial charge in [-0.3, -0.25) is 4.79 Å². The summed E-state index contributed by atoms with van der Waals surface area (Å²) in [6, 6.07) is 24.6. The van der Waals surface area contributed by atoms with E-state index in [0.29, 0.717) is 18.1 Å². The highest BCUT2D eigenvalue weighted by atomic mass is 16.5. The number of nitrogens with zero attached hydrogens (tertiary/aromatic N) is 1. The Balaban J connectivity index is 1.33. The Morgan fingerprint density at radius 1 is 0.926 bits per heavy atom. The molecular formula is C22H18N2O3. The molecule has 1 N–H and O–H groups in total. The maximum Gasteiger partial charge on any atom is 0.262 e. The summed E-state index contributed by atoms with van der Waals surface area (Å²) in [5, 5.41) is 2.82. The van der Waals surface area contributed by atoms with Gasteiger partial charge < -0.3 is 14.5 Å². The fourth-order valence-corrected chi connectivity index (χ4v) is 2.74. The summed E-state index contributed by atoms with van der Waals surface area (Å²) in [6.07, 6.45) is 0.597. The van der Waals surface area contributed by atoms with Crippen LogP contribution >= 0.6 is 0 Å². The standard InChI is InChI=1S/C22H18N2O3/c25-21(15-26-18-6-2-1-3-7-18)23-17-12-10-16(11-13-17)14-22-24-19-8-4-5-9-20(19)27-22/h1-13H,14-15H2,(H,23,25). The molecule has 1 heterocycles. The number of carbonyl (C=O) groups excluding carboxylic acids is 1. The lowest BCUT2D eigenvalue weighted by Gasteiger charge is -2.08. The Morgan fingerprint density at radius 2 is 1.67 bits per heavy atom. The minimum absolute atomic E-state index is 0.0331. The number of nitrogens with one attached hydrogen (secondary N) is 1. The van der Waals surface area contributed by atoms with E-state index < -0.39 is 0 Å². The molecule has 1 aromatic heterocycles. The molecule has 4 rings (SSSR count). The molecule has 0 aliphatic rings. The van der Waals surface area contributed by atoms with E-state index >= 15 is 0 Å². The van der Waals surface area contributed by atoms with E-state index in [1.54, 1.807) is 0 Å². The van der Waals surface area contributed by atoms with Gasteiger partial charge in [0.2, 0.25) is 0 Å². The number of rotatable bonds is 6. The molecule has 0 aliphatic carbocycles. The minimum Gasteiger partial charge on any atom is -0.484 e. The molecule has 0 fully saturated rings. The molecule has 3 aromatic carbocycles. The highest BCUT2D eigenvalue weighted by molar-refractivity contribution is 5.91. The molecular weight excluding hydrogens is 340 g/mol. The number of aromatic nitrogens is 1. The summed E-state index contributed by atoms with van der Waals surface area (Å²) in [6.45, 7) is -0.0331. The van der Waals surface area contributed by atoms with Gasteiger partial charge in [0.1, 0.15) is 11.3 Å². The third kappa shape index (κ3) is 4.33. The van der Waals surface area contributed by atoms with Crippen molar-refractivity contribution in [1.29, 1.82) is 0 Å². The smallest absolute Gasteiger partial charge is 0.262 e. The molecule has 27 heavy (non-hydrogen) atoms. The number of hydrogen-bond acceptors (Lipinski definition) is 4. The molecule has 5 heteroatoms. The average molecular weight is 358 g/mol. The number of para-hydroxylation sites is 3. The van der Waals surface area contributed by atoms with Crippen LogP contribution in [0.25, 0.3) is 11.1 Å². The Kier molecular flexibility index (Phi) is 4.83. The summed E-state index contributed by atoms with van der Waals surface area (Å²) in [5.41, 5.74) is 3.42. The number of anilines is 1. The molecule has 0 unspecified atom stereocenters. The van der Waals surface area contributed by atoms with Gasteiger partial charge in [-0.25, -0.2) is 4.98 Å². The normalized spacial score (nSPS) is 10.7. The molecule has 0 saturated carbocycles. The second-order valence-electron chi connectivity index (χ2n) is 6.10. The zero-order valence-corrected chi connectivity index (χ0v) is 14.6. The van der Waals surface area contributed by atoms with E-state index in [4.69, 9.17) is 9.15 Å². The van der Waals surface area contributed by atoms with E-state index in [1.807, 2.05) is 78.9 Å². The number of benzene rings is 3. The van der Waals surface area contributed by atoms with Gasteiger partial charge in [-0.1, -0.05) is 42.5 Å². The largest absolute Gasteiger partial charge is 0.484 e. The van der Waals surface area contributed by atoms with Crippen LogP contribution in [0.5, 0.6) is 5.75 Å². The molecule has 0 saturated heterocycles. The number of fused-ring (bicyclic) bond motifs is 1. The van der Waals surface area contributed by atoms with Gasteiger partial charge in [-0.15, -0.1) is 0 Å². The van der Waals surface area contributed by atoms with Crippen molar-refractivity contribution >= 4 is 22.7 Å². The Bertz CT molecular complexity index is 1010. The first-order valence-corrected chi connectivity index (χ1v) is 8.67. The fourth-order valence-electron chi connectivity index (χ4n) is 2.74. The van der Waals surface area contributed by atoms with E-state index in [1.165, 1.54) is 0 Å². The Morgan fingerprint density at radius 3 is 2.44 bits per heavy atom. The van der Waals surface area contributed by atoms with Gasteiger partial charge in [0.05, 0.1) is 0 Å². The first-order chi connectivity index (χ1) is 13.3. The molecule has 0 atom stereocenters. The Labute approximate surface area is 156 Å². The highest BCUT2D eigenvalue weighted by Gasteiger charge is 2.07. The van der Waals surface area contributed by atoms with Crippen molar-refractivity contribution in [3.05, 3.63) is 90.3 Å². The second kappa shape index (κ2) is 7.74. The van der Waals surface area contributed by atoms with E-state index in [-0.39, 0.29) is 12.5 Å². The summed E-state index contributed by atoms with van der Waals surface area (Å²) in [7, 11) is 0. The number of amides is 1. The molecule has 1 amide bonds. The predicted octanol–water partition coefficient (Wildman–Crippen LogP) is 4.44. The van der Waals surface area contributed by atoms with Gasteiger partial charge in [0.25, 0.3) is 5.91 Å². The van der Waals surface area contributed by atoms with Crippen LogP contribution in [0.4, 0.5) is 5.69 Å². The number of oxazole rings is 1. The van der Waals surface area contributed by atoms with Gasteiger partial charge in [0, 0.05) is 12.1 Å². The second-order valence-corrected chi connectivity index (χ2v) is 6.10. The van der Waals surface area contributed by atoms with Gasteiger partial charge in [-0.05, 0) is 42.0 Å². The van der Waals surface area contributed by atoms with Crippen LogP contribution in [0.2, 0.25) is 0 Å². The van der Waals surface area contributed by atoms with Crippen molar-refractivity contribution in [2.75, 3.05) is 11.9 Å². The van der Waals surface area contributed by atoms with E-state index in [0.717, 1.165) is 22.4 Å². The van der Waals surface area contributed by atoms with Crippen molar-refractivity contribution in [2.45, 2.75) is 6.42 Å². The van der Waals surface area contributed by atoms with Crippen LogP contribution in [0.3, 0.4) is 0 Å². The van der Waals surface area contributed by atoms with Gasteiger partial charge >= 0.3 is 0 Å². The lowest BCUT2D eigenvalue weighted by molar-refractivity contribution is -0.118. The zero-order valence-electron chi connectivity index (χ0n) is 14.6. The summed E-state index contributed by atoms with van der Waals surface area (Å²) in [4.78, 5) is 16.5. The van der Waals surface area contributed by atoms with Crippen LogP contribution in [0.15, 0.2) is 83.3 Å². The van der Waals surface area contributed by atoms with Crippen LogP contribution in [-0.2, 0) is 11.2 Å². The van der Waals surface area contributed by atoms with Gasteiger partial charge in [0.15, 0.2) is 18.1 Å². The number of carbonyl (C=O) groups is 1. The first kappa shape index (κ1) is 16.8. The minimum atomic E-state index is -0.203. The van der Waals surface area contributed by atoms with Crippen molar-refractivity contribution in [2.24, 2.45) is 0 Å². The molecule has 0 spiro atoms. The molecule has 4 aromatic rings. The Hall–Kier alpha value is -3.60. The highest BCUT2D eigenvalue weighted by Crippen LogP contribution is 2.18. The maximum absolute atomic E-state index is 12.0. The van der Waals surface area contributed by atoms with Crippen molar-refractivity contribution in [3.8, 4) is 5.75 Å². The van der Waals surface area contributed by atoms with Crippen LogP contribution in [0.1, 0.15) is 11.5 Å². The molecule has 0 aliphatic heterocycles. The van der Waals surface area contributed by atoms with Crippen LogP contribution in [0, 0.1) is 0 Å². The van der Waals surface area contributed by atoms with E-state index in [2.05, 4.69) is 10.3 Å². The van der Waals surface area contributed by atoms with Crippen molar-refractivity contribution in [1.82, 2.24) is 4.98 Å². The topological polar surface area (TPSA) is 64.4 Å². The summed E-state index contributed by atoms with van der Waals surface area (Å²) < 4.78 is 11.2. The molecule has 0 radical (unpaired) electrons. The van der Waals surface area contributed by atoms with Crippen molar-refractivity contribution in [3.63, 3.8) is 0 Å². The SMILES string of the molecule is O=C(COc1ccccc1)Nc1ccc(Cc2nc3ccccc3o2)cc1. The first-order valence-electron chi connectivity index (χ1n) is 8.67. The van der Waals surface area contributed by atoms with E-state index in [9.17, 15) is 4.79 Å². The quantitative estimate of drug-likeness (QED) is 0.553.